The maximum absolute atomic E-state index is 12.2. The Balaban J connectivity index is 2.26. The van der Waals surface area contributed by atoms with Crippen molar-refractivity contribution in [2.24, 2.45) is 0 Å². The number of carbonyl (C=O) groups is 1. The Labute approximate surface area is 121 Å². The number of amides is 1. The third kappa shape index (κ3) is 3.00. The fourth-order valence-corrected chi connectivity index (χ4v) is 1.85. The number of carbonyl (C=O) groups excluding carboxylic acids is 1. The molecule has 0 fully saturated rings. The number of anilines is 2. The van der Waals surface area contributed by atoms with Gasteiger partial charge in [0.1, 0.15) is 5.75 Å². The van der Waals surface area contributed by atoms with E-state index in [0.29, 0.717) is 22.7 Å². The van der Waals surface area contributed by atoms with E-state index in [1.165, 1.54) is 7.11 Å². The summed E-state index contributed by atoms with van der Waals surface area (Å²) in [6, 6.07) is 6.60. The van der Waals surface area contributed by atoms with E-state index in [2.05, 4.69) is 10.3 Å². The van der Waals surface area contributed by atoms with Crippen LogP contribution in [0.3, 0.4) is 0 Å². The molecule has 20 heavy (non-hydrogen) atoms. The minimum atomic E-state index is -0.348. The third-order valence-corrected chi connectivity index (χ3v) is 3.03. The summed E-state index contributed by atoms with van der Waals surface area (Å²) < 4.78 is 5.04. The highest BCUT2D eigenvalue weighted by Gasteiger charge is 2.13. The molecule has 2 rings (SSSR count). The SMILES string of the molecule is COc1ccc(C(=O)Nc2cc(C)cnc2Cl)c(N)c1. The molecule has 1 heterocycles. The molecule has 1 aromatic heterocycles. The van der Waals surface area contributed by atoms with Gasteiger partial charge in [0, 0.05) is 18.0 Å². The number of nitrogens with two attached hydrogens (primary N) is 1. The highest BCUT2D eigenvalue weighted by Crippen LogP contribution is 2.23. The van der Waals surface area contributed by atoms with Crippen LogP contribution in [0.5, 0.6) is 5.75 Å². The zero-order valence-corrected chi connectivity index (χ0v) is 11.9. The van der Waals surface area contributed by atoms with Crippen LogP contribution in [0.15, 0.2) is 30.5 Å². The van der Waals surface area contributed by atoms with E-state index in [1.807, 2.05) is 6.92 Å². The van der Waals surface area contributed by atoms with Crippen molar-refractivity contribution in [1.82, 2.24) is 4.98 Å². The Morgan fingerprint density at radius 3 is 2.80 bits per heavy atom. The maximum atomic E-state index is 12.2. The highest BCUT2D eigenvalue weighted by atomic mass is 35.5. The predicted molar refractivity (Wildman–Crippen MR) is 79.3 cm³/mol. The number of halogens is 1. The van der Waals surface area contributed by atoms with Crippen molar-refractivity contribution in [2.45, 2.75) is 6.92 Å². The summed E-state index contributed by atoms with van der Waals surface area (Å²) >= 11 is 5.94. The van der Waals surface area contributed by atoms with Crippen LogP contribution < -0.4 is 15.8 Å². The van der Waals surface area contributed by atoms with E-state index in [9.17, 15) is 4.79 Å². The lowest BCUT2D eigenvalue weighted by atomic mass is 10.1. The first-order valence-corrected chi connectivity index (χ1v) is 6.26. The Morgan fingerprint density at radius 2 is 2.15 bits per heavy atom. The smallest absolute Gasteiger partial charge is 0.257 e. The fraction of sp³-hybridized carbons (Fsp3) is 0.143. The first-order chi connectivity index (χ1) is 9.51. The molecule has 0 saturated carbocycles. The first-order valence-electron chi connectivity index (χ1n) is 5.88. The molecule has 3 N–H and O–H groups in total. The molecule has 0 saturated heterocycles. The lowest BCUT2D eigenvalue weighted by Crippen LogP contribution is -2.14. The number of aryl methyl sites for hydroxylation is 1. The minimum absolute atomic E-state index is 0.232. The third-order valence-electron chi connectivity index (χ3n) is 2.73. The quantitative estimate of drug-likeness (QED) is 0.673. The molecule has 0 aliphatic heterocycles. The molecule has 104 valence electrons. The average molecular weight is 292 g/mol. The molecule has 2 aromatic rings. The van der Waals surface area contributed by atoms with E-state index in [4.69, 9.17) is 22.1 Å². The molecule has 6 heteroatoms. The van der Waals surface area contributed by atoms with Crippen molar-refractivity contribution in [1.29, 1.82) is 0 Å². The number of methoxy groups -OCH3 is 1. The molecule has 0 unspecified atom stereocenters. The molecule has 1 aromatic carbocycles. The van der Waals surface area contributed by atoms with Crippen molar-refractivity contribution >= 4 is 28.9 Å². The van der Waals surface area contributed by atoms with Gasteiger partial charge in [-0.3, -0.25) is 4.79 Å². The Morgan fingerprint density at radius 1 is 1.40 bits per heavy atom. The van der Waals surface area contributed by atoms with Crippen LogP contribution >= 0.6 is 11.6 Å². The highest BCUT2D eigenvalue weighted by molar-refractivity contribution is 6.32. The number of nitrogens with zero attached hydrogens (tertiary/aromatic N) is 1. The Hall–Kier alpha value is -2.27. The zero-order valence-electron chi connectivity index (χ0n) is 11.1. The van der Waals surface area contributed by atoms with Crippen molar-refractivity contribution in [2.75, 3.05) is 18.2 Å². The van der Waals surface area contributed by atoms with Crippen LogP contribution in [-0.4, -0.2) is 18.0 Å². The second-order valence-corrected chi connectivity index (χ2v) is 4.62. The summed E-state index contributed by atoms with van der Waals surface area (Å²) in [7, 11) is 1.53. The van der Waals surface area contributed by atoms with Crippen LogP contribution in [0, 0.1) is 6.92 Å². The monoisotopic (exact) mass is 291 g/mol. The maximum Gasteiger partial charge on any atom is 0.257 e. The summed E-state index contributed by atoms with van der Waals surface area (Å²) in [5, 5.41) is 2.92. The van der Waals surface area contributed by atoms with Crippen molar-refractivity contribution in [3.63, 3.8) is 0 Å². The van der Waals surface area contributed by atoms with E-state index in [-0.39, 0.29) is 11.1 Å². The predicted octanol–water partition coefficient (Wildman–Crippen LogP) is 2.89. The van der Waals surface area contributed by atoms with Gasteiger partial charge in [0.25, 0.3) is 5.91 Å². The average Bonchev–Trinajstić information content (AvgIpc) is 2.42. The number of rotatable bonds is 3. The van der Waals surface area contributed by atoms with E-state index >= 15 is 0 Å². The minimum Gasteiger partial charge on any atom is -0.497 e. The normalized spacial score (nSPS) is 10.2. The van der Waals surface area contributed by atoms with Crippen molar-refractivity contribution in [3.05, 3.63) is 46.7 Å². The van der Waals surface area contributed by atoms with Gasteiger partial charge in [-0.15, -0.1) is 0 Å². The van der Waals surface area contributed by atoms with Crippen molar-refractivity contribution in [3.8, 4) is 5.75 Å². The molecular formula is C14H14ClN3O2. The van der Waals surface area contributed by atoms with Gasteiger partial charge in [0.15, 0.2) is 5.15 Å². The topological polar surface area (TPSA) is 77.2 Å². The van der Waals surface area contributed by atoms with Crippen molar-refractivity contribution < 1.29 is 9.53 Å². The zero-order chi connectivity index (χ0) is 14.7. The number of benzene rings is 1. The summed E-state index contributed by atoms with van der Waals surface area (Å²) in [6.07, 6.45) is 1.62. The largest absolute Gasteiger partial charge is 0.497 e. The van der Waals surface area contributed by atoms with Crippen LogP contribution in [-0.2, 0) is 0 Å². The van der Waals surface area contributed by atoms with Crippen LogP contribution in [0.1, 0.15) is 15.9 Å². The molecule has 5 nitrogen and oxygen atoms in total. The second kappa shape index (κ2) is 5.79. The van der Waals surface area contributed by atoms with E-state index in [1.54, 1.807) is 30.5 Å². The molecule has 0 radical (unpaired) electrons. The number of hydrogen-bond acceptors (Lipinski definition) is 4. The fourth-order valence-electron chi connectivity index (χ4n) is 1.70. The van der Waals surface area contributed by atoms with E-state index < -0.39 is 0 Å². The standard InChI is InChI=1S/C14H14ClN3O2/c1-8-5-12(13(15)17-7-8)18-14(19)10-4-3-9(20-2)6-11(10)16/h3-7H,16H2,1-2H3,(H,18,19). The van der Waals surface area contributed by atoms with Crippen LogP contribution in [0.25, 0.3) is 0 Å². The molecule has 0 bridgehead atoms. The van der Waals surface area contributed by atoms with Gasteiger partial charge in [-0.1, -0.05) is 11.6 Å². The lowest BCUT2D eigenvalue weighted by Gasteiger charge is -2.10. The van der Waals surface area contributed by atoms with Crippen LogP contribution in [0.4, 0.5) is 11.4 Å². The molecule has 0 aliphatic carbocycles. The van der Waals surface area contributed by atoms with Gasteiger partial charge < -0.3 is 15.8 Å². The van der Waals surface area contributed by atoms with Gasteiger partial charge >= 0.3 is 0 Å². The number of aromatic nitrogens is 1. The molecular weight excluding hydrogens is 278 g/mol. The number of nitrogens with one attached hydrogen (secondary N) is 1. The van der Waals surface area contributed by atoms with Gasteiger partial charge in [0.2, 0.25) is 0 Å². The Bertz CT molecular complexity index is 659. The van der Waals surface area contributed by atoms with Gasteiger partial charge in [-0.2, -0.15) is 0 Å². The summed E-state index contributed by atoms with van der Waals surface area (Å²) in [4.78, 5) is 16.2. The van der Waals surface area contributed by atoms with Gasteiger partial charge in [0.05, 0.1) is 18.4 Å². The van der Waals surface area contributed by atoms with Gasteiger partial charge in [-0.05, 0) is 30.7 Å². The Kier molecular flexibility index (Phi) is 4.10. The first kappa shape index (κ1) is 14.1. The summed E-state index contributed by atoms with van der Waals surface area (Å²) in [6.45, 7) is 1.86. The number of nitrogen functional groups attached to an aromatic ring is 1. The number of hydrogen-bond donors (Lipinski definition) is 2. The van der Waals surface area contributed by atoms with E-state index in [0.717, 1.165) is 5.56 Å². The number of ether oxygens (including phenoxy) is 1. The second-order valence-electron chi connectivity index (χ2n) is 4.26. The number of pyridine rings is 1. The molecule has 1 amide bonds. The summed E-state index contributed by atoms with van der Waals surface area (Å²) in [5.74, 6) is 0.244. The summed E-state index contributed by atoms with van der Waals surface area (Å²) in [5.41, 5.74) is 7.86. The molecule has 0 spiro atoms. The molecule has 0 aliphatic rings. The van der Waals surface area contributed by atoms with Crippen LogP contribution in [0.2, 0.25) is 5.15 Å². The molecule has 0 atom stereocenters. The lowest BCUT2D eigenvalue weighted by molar-refractivity contribution is 0.102. The van der Waals surface area contributed by atoms with Gasteiger partial charge in [-0.25, -0.2) is 4.98 Å².